The van der Waals surface area contributed by atoms with Gasteiger partial charge >= 0.3 is 0 Å². The van der Waals surface area contributed by atoms with E-state index in [-0.39, 0.29) is 11.5 Å². The molecule has 1 amide bonds. The van der Waals surface area contributed by atoms with Crippen LogP contribution in [0.5, 0.6) is 0 Å². The number of aliphatic imine (C=N–C) groups is 1. The molecular weight excluding hydrogens is 383 g/mol. The third-order valence-electron chi connectivity index (χ3n) is 3.23. The van der Waals surface area contributed by atoms with Gasteiger partial charge in [0.2, 0.25) is 0 Å². The maximum atomic E-state index is 12.0. The summed E-state index contributed by atoms with van der Waals surface area (Å²) in [5.74, 6) is -1.53. The summed E-state index contributed by atoms with van der Waals surface area (Å²) in [4.78, 5) is 27.5. The summed E-state index contributed by atoms with van der Waals surface area (Å²) in [7, 11) is 0. The predicted molar refractivity (Wildman–Crippen MR) is 98.0 cm³/mol. The fourth-order valence-corrected chi connectivity index (χ4v) is 3.15. The van der Waals surface area contributed by atoms with Gasteiger partial charge in [0.1, 0.15) is 0 Å². The summed E-state index contributed by atoms with van der Waals surface area (Å²) >= 11 is 13.0. The summed E-state index contributed by atoms with van der Waals surface area (Å²) in [5.41, 5.74) is 1.34. The van der Waals surface area contributed by atoms with E-state index >= 15 is 0 Å². The lowest BCUT2D eigenvalue weighted by molar-refractivity contribution is -0.255. The molecule has 0 atom stereocenters. The Balaban J connectivity index is 1.80. The van der Waals surface area contributed by atoms with E-state index in [0.29, 0.717) is 31.4 Å². The normalized spacial score (nSPS) is 17.1. The number of amidine groups is 1. The van der Waals surface area contributed by atoms with Crippen molar-refractivity contribution < 1.29 is 14.7 Å². The molecule has 0 saturated carbocycles. The molecule has 1 fully saturated rings. The van der Waals surface area contributed by atoms with Gasteiger partial charge in [0, 0.05) is 0 Å². The van der Waals surface area contributed by atoms with E-state index in [1.165, 1.54) is 23.9 Å². The monoisotopic (exact) mass is 391 g/mol. The van der Waals surface area contributed by atoms with E-state index < -0.39 is 5.97 Å². The molecule has 0 bridgehead atoms. The minimum absolute atomic E-state index is 0.0764. The van der Waals surface area contributed by atoms with Gasteiger partial charge in [-0.05, 0) is 47.2 Å². The third-order valence-corrected chi connectivity index (χ3v) is 4.88. The lowest BCUT2D eigenvalue weighted by Crippen LogP contribution is -2.21. The van der Waals surface area contributed by atoms with Crippen molar-refractivity contribution >= 4 is 63.8 Å². The first-order chi connectivity index (χ1) is 11.9. The summed E-state index contributed by atoms with van der Waals surface area (Å²) in [5, 5.41) is 14.6. The zero-order valence-electron chi connectivity index (χ0n) is 12.5. The number of carboxylic acids is 1. The predicted octanol–water partition coefficient (Wildman–Crippen LogP) is 3.25. The number of nitrogens with one attached hydrogen (secondary N) is 1. The summed E-state index contributed by atoms with van der Waals surface area (Å²) in [6.07, 6.45) is 1.65. The van der Waals surface area contributed by atoms with Crippen molar-refractivity contribution in [3.05, 3.63) is 68.5 Å². The molecule has 1 aliphatic heterocycles. The number of nitrogens with zero attached hydrogens (tertiary/aromatic N) is 1. The maximum absolute atomic E-state index is 12.0. The molecule has 2 aromatic rings. The van der Waals surface area contributed by atoms with Gasteiger partial charge in [-0.2, -0.15) is 0 Å². The van der Waals surface area contributed by atoms with Gasteiger partial charge < -0.3 is 15.2 Å². The van der Waals surface area contributed by atoms with Gasteiger partial charge in [-0.15, -0.1) is 0 Å². The van der Waals surface area contributed by atoms with Gasteiger partial charge in [0.25, 0.3) is 5.91 Å². The zero-order chi connectivity index (χ0) is 18.0. The van der Waals surface area contributed by atoms with E-state index in [9.17, 15) is 14.7 Å². The lowest BCUT2D eigenvalue weighted by atomic mass is 10.1. The average molecular weight is 392 g/mol. The standard InChI is InChI=1S/C17H10Cl2N2O3S/c18-12-6-5-11(8-13(12)19)20-17-21-15(22)14(25-17)7-9-1-3-10(4-2-9)16(23)24/h1-8H,(H,23,24)(H,20,21,22)/p-1/b14-7-. The Bertz CT molecular complexity index is 924. The highest BCUT2D eigenvalue weighted by Crippen LogP contribution is 2.30. The van der Waals surface area contributed by atoms with Crippen molar-refractivity contribution in [2.45, 2.75) is 0 Å². The Morgan fingerprint density at radius 3 is 2.48 bits per heavy atom. The maximum Gasteiger partial charge on any atom is 0.264 e. The fourth-order valence-electron chi connectivity index (χ4n) is 2.02. The van der Waals surface area contributed by atoms with Crippen LogP contribution < -0.4 is 10.4 Å². The first-order valence-corrected chi connectivity index (χ1v) is 8.55. The van der Waals surface area contributed by atoms with Crippen LogP contribution >= 0.6 is 35.0 Å². The number of thioether (sulfide) groups is 1. The van der Waals surface area contributed by atoms with Crippen LogP contribution in [0.1, 0.15) is 15.9 Å². The van der Waals surface area contributed by atoms with Gasteiger partial charge in [-0.25, -0.2) is 4.99 Å². The second-order valence-corrected chi connectivity index (χ2v) is 6.83. The van der Waals surface area contributed by atoms with Crippen LogP contribution in [0.4, 0.5) is 5.69 Å². The quantitative estimate of drug-likeness (QED) is 0.814. The van der Waals surface area contributed by atoms with E-state index in [1.807, 2.05) is 0 Å². The molecule has 126 valence electrons. The number of aromatic carboxylic acids is 1. The number of carbonyl (C=O) groups is 2. The van der Waals surface area contributed by atoms with Crippen LogP contribution in [-0.2, 0) is 4.79 Å². The number of halogens is 2. The Hall–Kier alpha value is -2.28. The number of carboxylic acid groups (broad SMARTS) is 1. The van der Waals surface area contributed by atoms with Gasteiger partial charge in [0.15, 0.2) is 5.17 Å². The minimum Gasteiger partial charge on any atom is -0.545 e. The first kappa shape index (κ1) is 17.5. The van der Waals surface area contributed by atoms with Crippen LogP contribution in [0.25, 0.3) is 6.08 Å². The van der Waals surface area contributed by atoms with Gasteiger partial charge in [-0.1, -0.05) is 47.5 Å². The Morgan fingerprint density at radius 2 is 1.84 bits per heavy atom. The summed E-state index contributed by atoms with van der Waals surface area (Å²) in [6.45, 7) is 0. The number of hydrogen-bond acceptors (Lipinski definition) is 5. The van der Waals surface area contributed by atoms with Gasteiger partial charge in [0.05, 0.1) is 26.6 Å². The largest absolute Gasteiger partial charge is 0.545 e. The van der Waals surface area contributed by atoms with Crippen LogP contribution in [0, 0.1) is 0 Å². The van der Waals surface area contributed by atoms with Crippen LogP contribution in [0.3, 0.4) is 0 Å². The molecule has 3 rings (SSSR count). The molecule has 2 aromatic carbocycles. The molecule has 0 radical (unpaired) electrons. The second-order valence-electron chi connectivity index (χ2n) is 4.99. The Labute approximate surface area is 157 Å². The molecule has 0 aliphatic carbocycles. The molecule has 25 heavy (non-hydrogen) atoms. The summed E-state index contributed by atoms with van der Waals surface area (Å²) < 4.78 is 0. The highest BCUT2D eigenvalue weighted by atomic mass is 35.5. The molecule has 0 aromatic heterocycles. The smallest absolute Gasteiger partial charge is 0.264 e. The number of amides is 1. The zero-order valence-corrected chi connectivity index (χ0v) is 14.8. The molecule has 0 spiro atoms. The molecule has 1 aliphatic rings. The highest BCUT2D eigenvalue weighted by molar-refractivity contribution is 8.18. The second kappa shape index (κ2) is 7.31. The molecule has 0 unspecified atom stereocenters. The van der Waals surface area contributed by atoms with Crippen molar-refractivity contribution in [3.8, 4) is 0 Å². The third kappa shape index (κ3) is 4.22. The molecular formula is C17H9Cl2N2O3S-. The SMILES string of the molecule is O=C1NC(=Nc2ccc(Cl)c(Cl)c2)S/C1=C\c1ccc(C(=O)[O-])cc1. The molecule has 1 heterocycles. The average Bonchev–Trinajstić information content (AvgIpc) is 2.91. The van der Waals surface area contributed by atoms with Crippen LogP contribution in [-0.4, -0.2) is 17.0 Å². The molecule has 5 nitrogen and oxygen atoms in total. The van der Waals surface area contributed by atoms with Gasteiger partial charge in [-0.3, -0.25) is 4.79 Å². The van der Waals surface area contributed by atoms with Crippen LogP contribution in [0.15, 0.2) is 52.4 Å². The van der Waals surface area contributed by atoms with E-state index in [1.54, 1.807) is 36.4 Å². The van der Waals surface area contributed by atoms with Crippen molar-refractivity contribution in [1.82, 2.24) is 5.32 Å². The van der Waals surface area contributed by atoms with Crippen molar-refractivity contribution in [1.29, 1.82) is 0 Å². The Morgan fingerprint density at radius 1 is 1.12 bits per heavy atom. The molecule has 1 saturated heterocycles. The topological polar surface area (TPSA) is 81.6 Å². The fraction of sp³-hybridized carbons (Fsp3) is 0. The number of benzene rings is 2. The Kier molecular flexibility index (Phi) is 5.13. The van der Waals surface area contributed by atoms with Crippen molar-refractivity contribution in [3.63, 3.8) is 0 Å². The lowest BCUT2D eigenvalue weighted by Gasteiger charge is -2.02. The van der Waals surface area contributed by atoms with Crippen molar-refractivity contribution in [2.75, 3.05) is 0 Å². The molecule has 1 N–H and O–H groups in total. The number of rotatable bonds is 3. The summed E-state index contributed by atoms with van der Waals surface area (Å²) in [6, 6.07) is 11.0. The highest BCUT2D eigenvalue weighted by Gasteiger charge is 2.23. The van der Waals surface area contributed by atoms with Crippen molar-refractivity contribution in [2.24, 2.45) is 4.99 Å². The van der Waals surface area contributed by atoms with E-state index in [2.05, 4.69) is 10.3 Å². The minimum atomic E-state index is -1.25. The van der Waals surface area contributed by atoms with E-state index in [4.69, 9.17) is 23.2 Å². The first-order valence-electron chi connectivity index (χ1n) is 6.98. The van der Waals surface area contributed by atoms with Crippen LogP contribution in [0.2, 0.25) is 10.0 Å². The number of hydrogen-bond donors (Lipinski definition) is 1. The molecule has 8 heteroatoms. The number of carbonyl (C=O) groups excluding carboxylic acids is 2. The van der Waals surface area contributed by atoms with E-state index in [0.717, 1.165) is 0 Å².